The Balaban J connectivity index is 2.60. The van der Waals surface area contributed by atoms with Crippen molar-refractivity contribution in [1.82, 2.24) is 0 Å². The van der Waals surface area contributed by atoms with E-state index in [1.54, 1.807) is 0 Å². The fourth-order valence-corrected chi connectivity index (χ4v) is 2.13. The van der Waals surface area contributed by atoms with Gasteiger partial charge in [-0.05, 0) is 35.1 Å². The van der Waals surface area contributed by atoms with Gasteiger partial charge in [0.1, 0.15) is 0 Å². The van der Waals surface area contributed by atoms with Gasteiger partial charge in [-0.1, -0.05) is 62.3 Å². The Morgan fingerprint density at radius 3 is 2.38 bits per heavy atom. The largest absolute Gasteiger partial charge is 0.0626 e. The van der Waals surface area contributed by atoms with Crippen LogP contribution >= 0.6 is 0 Å². The molecule has 2 aromatic carbocycles. The molecular formula is C16H18. The fourth-order valence-electron chi connectivity index (χ4n) is 2.13. The Morgan fingerprint density at radius 1 is 1.00 bits per heavy atom. The topological polar surface area (TPSA) is 0 Å². The quantitative estimate of drug-likeness (QED) is 0.703. The highest BCUT2D eigenvalue weighted by atomic mass is 14.1. The van der Waals surface area contributed by atoms with Gasteiger partial charge in [0.15, 0.2) is 0 Å². The van der Waals surface area contributed by atoms with Gasteiger partial charge in [-0.2, -0.15) is 0 Å². The van der Waals surface area contributed by atoms with Crippen molar-refractivity contribution in [2.75, 3.05) is 0 Å². The summed E-state index contributed by atoms with van der Waals surface area (Å²) in [4.78, 5) is 0. The summed E-state index contributed by atoms with van der Waals surface area (Å²) in [6.45, 7) is 4.24. The van der Waals surface area contributed by atoms with Gasteiger partial charge in [0.2, 0.25) is 0 Å². The molecule has 0 unspecified atom stereocenters. The third kappa shape index (κ3) is 2.01. The van der Waals surface area contributed by atoms with Gasteiger partial charge >= 0.3 is 0 Å². The first kappa shape index (κ1) is 8.58. The van der Waals surface area contributed by atoms with Crippen LogP contribution in [0.3, 0.4) is 0 Å². The Morgan fingerprint density at radius 2 is 1.75 bits per heavy atom. The highest BCUT2D eigenvalue weighted by molar-refractivity contribution is 5.68. The number of hydrogen-bond acceptors (Lipinski definition) is 0. The molecule has 0 saturated carbocycles. The lowest BCUT2D eigenvalue weighted by Crippen LogP contribution is -1.94. The summed E-state index contributed by atoms with van der Waals surface area (Å²) in [5.74, 6) is 0. The van der Waals surface area contributed by atoms with Crippen LogP contribution in [0.5, 0.6) is 0 Å². The Bertz CT molecular complexity index is 542. The molecule has 0 aliphatic rings. The van der Waals surface area contributed by atoms with Gasteiger partial charge in [0.25, 0.3) is 0 Å². The SMILES string of the molecule is [2H]c1ccc(-c2ccc([2H])c(CC)c2CC)cc1. The molecule has 0 saturated heterocycles. The Kier molecular flexibility index (Phi) is 2.67. The molecular weight excluding hydrogens is 192 g/mol. The van der Waals surface area contributed by atoms with Gasteiger partial charge in [0, 0.05) is 0 Å². The van der Waals surface area contributed by atoms with E-state index in [2.05, 4.69) is 13.8 Å². The minimum Gasteiger partial charge on any atom is -0.0622 e. The lowest BCUT2D eigenvalue weighted by molar-refractivity contribution is 1.04. The van der Waals surface area contributed by atoms with Crippen LogP contribution in [-0.4, -0.2) is 0 Å². The molecule has 0 amide bonds. The molecule has 0 aromatic heterocycles. The Labute approximate surface area is 101 Å². The van der Waals surface area contributed by atoms with E-state index in [4.69, 9.17) is 2.74 Å². The number of rotatable bonds is 3. The molecule has 0 bridgehead atoms. The van der Waals surface area contributed by atoms with E-state index in [9.17, 15) is 0 Å². The van der Waals surface area contributed by atoms with Gasteiger partial charge in [-0.25, -0.2) is 0 Å². The van der Waals surface area contributed by atoms with Crippen molar-refractivity contribution in [2.45, 2.75) is 26.7 Å². The Hall–Kier alpha value is -1.56. The normalized spacial score (nSPS) is 12.1. The molecule has 0 spiro atoms. The van der Waals surface area contributed by atoms with Crippen molar-refractivity contribution in [3.8, 4) is 11.1 Å². The van der Waals surface area contributed by atoms with E-state index < -0.39 is 0 Å². The second kappa shape index (κ2) is 4.98. The first-order valence-corrected chi connectivity index (χ1v) is 5.85. The first-order valence-electron chi connectivity index (χ1n) is 6.85. The summed E-state index contributed by atoms with van der Waals surface area (Å²) in [6, 6.07) is 12.7. The number of hydrogen-bond donors (Lipinski definition) is 0. The molecule has 82 valence electrons. The molecule has 0 nitrogen and oxygen atoms in total. The zero-order valence-corrected chi connectivity index (χ0v) is 9.88. The maximum absolute atomic E-state index is 7.98. The summed E-state index contributed by atoms with van der Waals surface area (Å²) in [5.41, 5.74) is 4.75. The van der Waals surface area contributed by atoms with Crippen molar-refractivity contribution < 1.29 is 2.74 Å². The zero-order chi connectivity index (χ0) is 13.1. The summed E-state index contributed by atoms with van der Waals surface area (Å²) < 4.78 is 15.5. The van der Waals surface area contributed by atoms with Crippen molar-refractivity contribution in [3.63, 3.8) is 0 Å². The highest BCUT2D eigenvalue weighted by Crippen LogP contribution is 2.26. The van der Waals surface area contributed by atoms with Gasteiger partial charge in [-0.15, -0.1) is 0 Å². The molecule has 0 heterocycles. The maximum Gasteiger partial charge on any atom is 0.0626 e. The van der Waals surface area contributed by atoms with E-state index in [0.29, 0.717) is 12.1 Å². The molecule has 2 aromatic rings. The minimum absolute atomic E-state index is 0.532. The first-order chi connectivity index (χ1) is 8.67. The monoisotopic (exact) mass is 212 g/mol. The second-order valence-electron chi connectivity index (χ2n) is 3.84. The van der Waals surface area contributed by atoms with Crippen molar-refractivity contribution in [1.29, 1.82) is 0 Å². The van der Waals surface area contributed by atoms with Crippen LogP contribution in [0.25, 0.3) is 11.1 Å². The second-order valence-corrected chi connectivity index (χ2v) is 3.84. The van der Waals surface area contributed by atoms with Gasteiger partial charge in [-0.3, -0.25) is 0 Å². The average molecular weight is 212 g/mol. The summed E-state index contributed by atoms with van der Waals surface area (Å²) in [6.07, 6.45) is 1.83. The molecule has 0 fully saturated rings. The van der Waals surface area contributed by atoms with Crippen LogP contribution in [0.2, 0.25) is 0 Å². The lowest BCUT2D eigenvalue weighted by atomic mass is 9.93. The van der Waals surface area contributed by atoms with E-state index >= 15 is 0 Å². The molecule has 0 N–H and O–H groups in total. The van der Waals surface area contributed by atoms with E-state index in [1.807, 2.05) is 36.4 Å². The third-order valence-electron chi connectivity index (χ3n) is 2.93. The van der Waals surface area contributed by atoms with Crippen molar-refractivity contribution in [2.24, 2.45) is 0 Å². The lowest BCUT2D eigenvalue weighted by Gasteiger charge is -2.12. The number of benzene rings is 2. The van der Waals surface area contributed by atoms with Gasteiger partial charge < -0.3 is 0 Å². The van der Waals surface area contributed by atoms with Crippen LogP contribution in [0.1, 0.15) is 27.7 Å². The minimum atomic E-state index is 0.532. The molecule has 16 heavy (non-hydrogen) atoms. The van der Waals surface area contributed by atoms with Crippen molar-refractivity contribution in [3.05, 3.63) is 59.6 Å². The predicted octanol–water partition coefficient (Wildman–Crippen LogP) is 4.48. The molecule has 2 rings (SSSR count). The fraction of sp³-hybridized carbons (Fsp3) is 0.250. The molecule has 0 aliphatic carbocycles. The van der Waals surface area contributed by atoms with Crippen LogP contribution in [0.4, 0.5) is 0 Å². The van der Waals surface area contributed by atoms with Gasteiger partial charge in [0.05, 0.1) is 2.74 Å². The maximum atomic E-state index is 7.98. The zero-order valence-electron chi connectivity index (χ0n) is 11.9. The van der Waals surface area contributed by atoms with Crippen LogP contribution in [-0.2, 0) is 12.8 Å². The summed E-state index contributed by atoms with van der Waals surface area (Å²) in [5, 5.41) is 0. The van der Waals surface area contributed by atoms with E-state index in [1.165, 1.54) is 11.1 Å². The predicted molar refractivity (Wildman–Crippen MR) is 70.6 cm³/mol. The van der Waals surface area contributed by atoms with E-state index in [0.717, 1.165) is 24.0 Å². The molecule has 0 atom stereocenters. The standard InChI is InChI=1S/C16H18/c1-3-13-11-8-12-16(15(13)4-2)14-9-6-5-7-10-14/h5-12H,3-4H2,1-2H3/i5D,11D. The van der Waals surface area contributed by atoms with Crippen molar-refractivity contribution >= 4 is 0 Å². The average Bonchev–Trinajstić information content (AvgIpc) is 2.39. The molecule has 0 aliphatic heterocycles. The highest BCUT2D eigenvalue weighted by Gasteiger charge is 2.06. The van der Waals surface area contributed by atoms with Crippen LogP contribution < -0.4 is 0 Å². The smallest absolute Gasteiger partial charge is 0.0622 e. The van der Waals surface area contributed by atoms with Crippen LogP contribution in [0.15, 0.2) is 48.5 Å². The van der Waals surface area contributed by atoms with E-state index in [-0.39, 0.29) is 0 Å². The molecule has 0 radical (unpaired) electrons. The van der Waals surface area contributed by atoms with Crippen LogP contribution in [0, 0.1) is 0 Å². The third-order valence-corrected chi connectivity index (χ3v) is 2.93. The summed E-state index contributed by atoms with van der Waals surface area (Å²) in [7, 11) is 0. The summed E-state index contributed by atoms with van der Waals surface area (Å²) >= 11 is 0. The molecule has 0 heteroatoms.